The summed E-state index contributed by atoms with van der Waals surface area (Å²) < 4.78 is 0. The monoisotopic (exact) mass is 249 g/mol. The molecule has 0 atom stereocenters. The van der Waals surface area contributed by atoms with Crippen molar-refractivity contribution in [3.63, 3.8) is 0 Å². The van der Waals surface area contributed by atoms with Gasteiger partial charge in [0.2, 0.25) is 0 Å². The third kappa shape index (κ3) is 1.25. The van der Waals surface area contributed by atoms with Crippen LogP contribution in [0.15, 0.2) is 24.3 Å². The van der Waals surface area contributed by atoms with Crippen LogP contribution in [0.2, 0.25) is 0 Å². The van der Waals surface area contributed by atoms with Crippen LogP contribution >= 0.6 is 0 Å². The van der Waals surface area contributed by atoms with E-state index < -0.39 is 0 Å². The van der Waals surface area contributed by atoms with Crippen molar-refractivity contribution in [2.24, 2.45) is 0 Å². The molecule has 3 aromatic rings. The second kappa shape index (κ2) is 3.29. The molecule has 94 valence electrons. The molecule has 1 fully saturated rings. The van der Waals surface area contributed by atoms with Gasteiger partial charge in [-0.25, -0.2) is 0 Å². The minimum atomic E-state index is 0.752. The lowest BCUT2D eigenvalue weighted by Crippen LogP contribution is -2.03. The van der Waals surface area contributed by atoms with Gasteiger partial charge in [0, 0.05) is 28.1 Å². The Morgan fingerprint density at radius 2 is 1.89 bits per heavy atom. The Labute approximate surface area is 111 Å². The molecule has 3 nitrogen and oxygen atoms in total. The lowest BCUT2D eigenvalue weighted by Gasteiger charge is -2.12. The van der Waals surface area contributed by atoms with Gasteiger partial charge < -0.3 is 4.98 Å². The van der Waals surface area contributed by atoms with Crippen LogP contribution in [0.25, 0.3) is 22.3 Å². The predicted octanol–water partition coefficient (Wildman–Crippen LogP) is 3.53. The minimum Gasteiger partial charge on any atom is -0.353 e. The fourth-order valence-corrected chi connectivity index (χ4v) is 3.46. The van der Waals surface area contributed by atoms with E-state index in [0.29, 0.717) is 0 Å². The van der Waals surface area contributed by atoms with Crippen LogP contribution in [0.3, 0.4) is 0 Å². The lowest BCUT2D eigenvalue weighted by atomic mass is 9.91. The topological polar surface area (TPSA) is 44.5 Å². The number of rotatable bonds is 1. The van der Waals surface area contributed by atoms with E-state index in [2.05, 4.69) is 39.4 Å². The van der Waals surface area contributed by atoms with E-state index in [4.69, 9.17) is 0 Å². The van der Waals surface area contributed by atoms with E-state index in [-0.39, 0.29) is 0 Å². The molecule has 19 heavy (non-hydrogen) atoms. The van der Waals surface area contributed by atoms with E-state index in [1.807, 2.05) is 0 Å². The Hall–Kier alpha value is -2.03. The summed E-state index contributed by atoms with van der Waals surface area (Å²) in [7, 11) is 0. The molecule has 3 heteroatoms. The lowest BCUT2D eigenvalue weighted by molar-refractivity contribution is 0.908. The third-order valence-electron chi connectivity index (χ3n) is 4.56. The van der Waals surface area contributed by atoms with E-state index in [9.17, 15) is 0 Å². The molecule has 2 aliphatic carbocycles. The van der Waals surface area contributed by atoms with Crippen molar-refractivity contribution in [3.8, 4) is 11.4 Å². The highest BCUT2D eigenvalue weighted by Crippen LogP contribution is 2.45. The molecule has 1 aromatic carbocycles. The van der Waals surface area contributed by atoms with Gasteiger partial charge in [-0.15, -0.1) is 0 Å². The summed E-state index contributed by atoms with van der Waals surface area (Å²) in [4.78, 5) is 3.56. The third-order valence-corrected chi connectivity index (χ3v) is 4.56. The number of nitrogens with zero attached hydrogens (tertiary/aromatic N) is 1. The van der Waals surface area contributed by atoms with Crippen LogP contribution in [0.5, 0.6) is 0 Å². The highest BCUT2D eigenvalue weighted by molar-refractivity contribution is 5.91. The van der Waals surface area contributed by atoms with Crippen LogP contribution in [0.4, 0.5) is 0 Å². The van der Waals surface area contributed by atoms with Crippen molar-refractivity contribution in [2.45, 2.75) is 31.6 Å². The molecule has 0 spiro atoms. The van der Waals surface area contributed by atoms with Gasteiger partial charge >= 0.3 is 0 Å². The molecule has 0 amide bonds. The second-order valence-electron chi connectivity index (χ2n) is 5.76. The maximum Gasteiger partial charge on any atom is 0.112 e. The molecule has 5 rings (SSSR count). The number of hydrogen-bond acceptors (Lipinski definition) is 1. The average Bonchev–Trinajstić information content (AvgIpc) is 3.08. The summed E-state index contributed by atoms with van der Waals surface area (Å²) in [5.74, 6) is 0.752. The molecular weight excluding hydrogens is 234 g/mol. The Morgan fingerprint density at radius 1 is 1.05 bits per heavy atom. The number of H-pyrrole nitrogens is 2. The Kier molecular flexibility index (Phi) is 1.71. The first kappa shape index (κ1) is 9.84. The number of benzene rings is 1. The Morgan fingerprint density at radius 3 is 2.79 bits per heavy atom. The van der Waals surface area contributed by atoms with Gasteiger partial charge in [-0.1, -0.05) is 18.2 Å². The number of hydrogen-bond donors (Lipinski definition) is 2. The largest absolute Gasteiger partial charge is 0.353 e. The van der Waals surface area contributed by atoms with Gasteiger partial charge in [0.05, 0.1) is 5.69 Å². The van der Waals surface area contributed by atoms with Crippen molar-refractivity contribution in [2.75, 3.05) is 0 Å². The summed E-state index contributed by atoms with van der Waals surface area (Å²) in [5.41, 5.74) is 7.94. The zero-order valence-electron chi connectivity index (χ0n) is 10.7. The van der Waals surface area contributed by atoms with E-state index in [0.717, 1.165) is 18.8 Å². The van der Waals surface area contributed by atoms with E-state index in [1.54, 1.807) is 0 Å². The molecule has 1 saturated carbocycles. The quantitative estimate of drug-likeness (QED) is 0.680. The van der Waals surface area contributed by atoms with Gasteiger partial charge in [0.25, 0.3) is 0 Å². The molecule has 0 bridgehead atoms. The summed E-state index contributed by atoms with van der Waals surface area (Å²) in [6.45, 7) is 0. The molecule has 0 aliphatic heterocycles. The van der Waals surface area contributed by atoms with Gasteiger partial charge in [-0.05, 0) is 37.3 Å². The standard InChI is InChI=1S/C16H15N3/c1-2-4-13-10(3-1)11-7-8-12-14(9-5-6-9)18-19-16(12)15(11)17-13/h1-4,9,17H,5-8H2,(H,18,19). The second-order valence-corrected chi connectivity index (χ2v) is 5.76. The maximum absolute atomic E-state index is 4.60. The maximum atomic E-state index is 4.60. The fraction of sp³-hybridized carbons (Fsp3) is 0.312. The van der Waals surface area contributed by atoms with Crippen LogP contribution in [-0.4, -0.2) is 15.2 Å². The number of nitrogens with one attached hydrogen (secondary N) is 2. The van der Waals surface area contributed by atoms with Gasteiger partial charge in [-0.3, -0.25) is 5.10 Å². The van der Waals surface area contributed by atoms with Crippen molar-refractivity contribution < 1.29 is 0 Å². The first-order chi connectivity index (χ1) is 9.42. The van der Waals surface area contributed by atoms with Crippen LogP contribution in [0, 0.1) is 0 Å². The summed E-state index contributed by atoms with van der Waals surface area (Å²) in [6.07, 6.45) is 4.92. The Balaban J connectivity index is 1.79. The minimum absolute atomic E-state index is 0.752. The predicted molar refractivity (Wildman–Crippen MR) is 75.3 cm³/mol. The first-order valence-corrected chi connectivity index (χ1v) is 7.09. The van der Waals surface area contributed by atoms with Gasteiger partial charge in [0.15, 0.2) is 0 Å². The van der Waals surface area contributed by atoms with Gasteiger partial charge in [-0.2, -0.15) is 5.10 Å². The molecule has 2 N–H and O–H groups in total. The molecule has 0 saturated heterocycles. The van der Waals surface area contributed by atoms with E-state index >= 15 is 0 Å². The average molecular weight is 249 g/mol. The number of aryl methyl sites for hydroxylation is 1. The summed E-state index contributed by atoms with van der Waals surface area (Å²) in [5, 5.41) is 9.25. The summed E-state index contributed by atoms with van der Waals surface area (Å²) >= 11 is 0. The highest BCUT2D eigenvalue weighted by Gasteiger charge is 2.32. The smallest absolute Gasteiger partial charge is 0.112 e. The Bertz CT molecular complexity index is 790. The fourth-order valence-electron chi connectivity index (χ4n) is 3.46. The zero-order chi connectivity index (χ0) is 12.4. The van der Waals surface area contributed by atoms with Crippen molar-refractivity contribution in [1.29, 1.82) is 0 Å². The molecule has 0 unspecified atom stereocenters. The number of fused-ring (bicyclic) bond motifs is 5. The van der Waals surface area contributed by atoms with Crippen molar-refractivity contribution >= 4 is 10.9 Å². The SMILES string of the molecule is c1ccc2c3c([nH]c2c1)-c1n[nH]c(C2CC2)c1CC3. The van der Waals surface area contributed by atoms with Crippen LogP contribution < -0.4 is 0 Å². The molecule has 0 radical (unpaired) electrons. The summed E-state index contributed by atoms with van der Waals surface area (Å²) in [6, 6.07) is 8.57. The molecule has 2 aliphatic rings. The normalized spacial score (nSPS) is 17.5. The number of aromatic amines is 2. The molecule has 2 heterocycles. The van der Waals surface area contributed by atoms with E-state index in [1.165, 1.54) is 52.0 Å². The van der Waals surface area contributed by atoms with Crippen molar-refractivity contribution in [3.05, 3.63) is 41.1 Å². The highest BCUT2D eigenvalue weighted by atomic mass is 15.1. The number of aromatic nitrogens is 3. The van der Waals surface area contributed by atoms with Gasteiger partial charge in [0.1, 0.15) is 5.69 Å². The van der Waals surface area contributed by atoms with Crippen molar-refractivity contribution in [1.82, 2.24) is 15.2 Å². The number of para-hydroxylation sites is 1. The van der Waals surface area contributed by atoms with Crippen LogP contribution in [-0.2, 0) is 12.8 Å². The molecular formula is C16H15N3. The zero-order valence-corrected chi connectivity index (χ0v) is 10.7. The molecule has 2 aromatic heterocycles. The first-order valence-electron chi connectivity index (χ1n) is 7.09. The van der Waals surface area contributed by atoms with Crippen LogP contribution in [0.1, 0.15) is 35.6 Å².